The van der Waals surface area contributed by atoms with E-state index in [9.17, 15) is 13.6 Å². The quantitative estimate of drug-likeness (QED) is 0.878. The van der Waals surface area contributed by atoms with Crippen molar-refractivity contribution < 1.29 is 18.3 Å². The third kappa shape index (κ3) is 4.16. The van der Waals surface area contributed by atoms with Crippen molar-refractivity contribution in [3.05, 3.63) is 29.8 Å². The number of halogens is 2. The van der Waals surface area contributed by atoms with Gasteiger partial charge in [0.05, 0.1) is 11.6 Å². The fourth-order valence-corrected chi connectivity index (χ4v) is 2.79. The average molecular weight is 312 g/mol. The Bertz CT molecular complexity index is 517. The summed E-state index contributed by atoms with van der Waals surface area (Å²) in [6.45, 7) is -1.07. The van der Waals surface area contributed by atoms with E-state index in [0.717, 1.165) is 19.3 Å². The maximum Gasteiger partial charge on any atom is 0.387 e. The van der Waals surface area contributed by atoms with Crippen LogP contribution in [-0.4, -0.2) is 18.1 Å². The lowest BCUT2D eigenvalue weighted by molar-refractivity contribution is -0.128. The first-order valence-electron chi connectivity index (χ1n) is 7.55. The summed E-state index contributed by atoms with van der Waals surface area (Å²) in [4.78, 5) is 12.4. The van der Waals surface area contributed by atoms with Crippen LogP contribution >= 0.6 is 0 Å². The smallest absolute Gasteiger partial charge is 0.387 e. The summed E-state index contributed by atoms with van der Waals surface area (Å²) in [6, 6.07) is 6.01. The minimum Gasteiger partial charge on any atom is -0.435 e. The third-order valence-corrected chi connectivity index (χ3v) is 4.13. The summed E-state index contributed by atoms with van der Waals surface area (Å²) >= 11 is 0. The first-order valence-corrected chi connectivity index (χ1v) is 7.55. The molecule has 0 aliphatic heterocycles. The number of rotatable bonds is 5. The number of carbonyl (C=O) groups is 1. The SMILES string of the molecule is CC(NC(=O)C1(N)CCCCC1)c1cccc(OC(F)F)c1. The van der Waals surface area contributed by atoms with E-state index in [4.69, 9.17) is 5.73 Å². The van der Waals surface area contributed by atoms with E-state index >= 15 is 0 Å². The van der Waals surface area contributed by atoms with Crippen molar-refractivity contribution in [2.45, 2.75) is 57.2 Å². The van der Waals surface area contributed by atoms with Crippen molar-refractivity contribution in [3.8, 4) is 5.75 Å². The highest BCUT2D eigenvalue weighted by molar-refractivity contribution is 5.86. The van der Waals surface area contributed by atoms with E-state index in [2.05, 4.69) is 10.1 Å². The molecule has 22 heavy (non-hydrogen) atoms. The Morgan fingerprint density at radius 1 is 1.32 bits per heavy atom. The zero-order valence-corrected chi connectivity index (χ0v) is 12.6. The van der Waals surface area contributed by atoms with Crippen molar-refractivity contribution in [1.82, 2.24) is 5.32 Å². The summed E-state index contributed by atoms with van der Waals surface area (Å²) < 4.78 is 28.9. The van der Waals surface area contributed by atoms with E-state index in [1.54, 1.807) is 19.1 Å². The molecule has 3 N–H and O–H groups in total. The topological polar surface area (TPSA) is 64.4 Å². The summed E-state index contributed by atoms with van der Waals surface area (Å²) in [7, 11) is 0. The van der Waals surface area contributed by atoms with E-state index < -0.39 is 12.2 Å². The van der Waals surface area contributed by atoms with Gasteiger partial charge in [0.15, 0.2) is 0 Å². The molecular weight excluding hydrogens is 290 g/mol. The van der Waals surface area contributed by atoms with Crippen molar-refractivity contribution in [2.24, 2.45) is 5.73 Å². The van der Waals surface area contributed by atoms with Gasteiger partial charge in [-0.3, -0.25) is 4.79 Å². The predicted octanol–water partition coefficient (Wildman–Crippen LogP) is 3.13. The molecule has 1 aliphatic carbocycles. The largest absolute Gasteiger partial charge is 0.435 e. The van der Waals surface area contributed by atoms with E-state index in [1.807, 2.05) is 0 Å². The molecule has 1 saturated carbocycles. The van der Waals surface area contributed by atoms with Gasteiger partial charge in [0.25, 0.3) is 0 Å². The summed E-state index contributed by atoms with van der Waals surface area (Å²) in [5.74, 6) is -0.103. The first kappa shape index (κ1) is 16.7. The van der Waals surface area contributed by atoms with Gasteiger partial charge in [0.1, 0.15) is 5.75 Å². The highest BCUT2D eigenvalue weighted by atomic mass is 19.3. The zero-order valence-electron chi connectivity index (χ0n) is 12.6. The molecule has 0 bridgehead atoms. The van der Waals surface area contributed by atoms with Crippen LogP contribution in [0.5, 0.6) is 5.75 Å². The second-order valence-corrected chi connectivity index (χ2v) is 5.86. The van der Waals surface area contributed by atoms with Crippen LogP contribution in [0.15, 0.2) is 24.3 Å². The van der Waals surface area contributed by atoms with Gasteiger partial charge < -0.3 is 15.8 Å². The first-order chi connectivity index (χ1) is 10.4. The molecule has 1 atom stereocenters. The summed E-state index contributed by atoms with van der Waals surface area (Å²) in [5, 5.41) is 2.88. The maximum absolute atomic E-state index is 12.4. The zero-order chi connectivity index (χ0) is 16.2. The number of nitrogens with two attached hydrogens (primary N) is 1. The van der Waals surface area contributed by atoms with Gasteiger partial charge in [-0.2, -0.15) is 8.78 Å². The number of hydrogen-bond donors (Lipinski definition) is 2. The van der Waals surface area contributed by atoms with E-state index in [0.29, 0.717) is 18.4 Å². The minimum atomic E-state index is -2.87. The van der Waals surface area contributed by atoms with Gasteiger partial charge in [-0.1, -0.05) is 31.4 Å². The molecule has 0 saturated heterocycles. The molecule has 122 valence electrons. The Kier molecular flexibility index (Phi) is 5.34. The molecule has 2 rings (SSSR count). The molecule has 1 amide bonds. The Labute approximate surface area is 129 Å². The number of alkyl halides is 2. The maximum atomic E-state index is 12.4. The molecule has 1 aromatic carbocycles. The van der Waals surface area contributed by atoms with Crippen LogP contribution in [0.3, 0.4) is 0 Å². The molecular formula is C16H22F2N2O2. The van der Waals surface area contributed by atoms with Crippen LogP contribution in [0.25, 0.3) is 0 Å². The monoisotopic (exact) mass is 312 g/mol. The number of hydrogen-bond acceptors (Lipinski definition) is 3. The van der Waals surface area contributed by atoms with E-state index in [1.165, 1.54) is 12.1 Å². The Morgan fingerprint density at radius 3 is 2.64 bits per heavy atom. The molecule has 0 spiro atoms. The van der Waals surface area contributed by atoms with Crippen LogP contribution in [0.1, 0.15) is 50.6 Å². The number of amides is 1. The van der Waals surface area contributed by atoms with Crippen LogP contribution in [0.2, 0.25) is 0 Å². The summed E-state index contributed by atoms with van der Waals surface area (Å²) in [6.07, 6.45) is 4.38. The van der Waals surface area contributed by atoms with Gasteiger partial charge in [0, 0.05) is 0 Å². The van der Waals surface area contributed by atoms with Gasteiger partial charge in [-0.05, 0) is 37.5 Å². The Morgan fingerprint density at radius 2 is 2.00 bits per heavy atom. The lowest BCUT2D eigenvalue weighted by atomic mass is 9.81. The molecule has 1 fully saturated rings. The molecule has 0 heterocycles. The Balaban J connectivity index is 2.02. The standard InChI is InChI=1S/C16H22F2N2O2/c1-11(12-6-5-7-13(10-12)22-15(17)18)20-14(21)16(19)8-3-2-4-9-16/h5-7,10-11,15H,2-4,8-9,19H2,1H3,(H,20,21). The van der Waals surface area contributed by atoms with Crippen molar-refractivity contribution >= 4 is 5.91 Å². The number of ether oxygens (including phenoxy) is 1. The van der Waals surface area contributed by atoms with Crippen molar-refractivity contribution in [2.75, 3.05) is 0 Å². The molecule has 4 nitrogen and oxygen atoms in total. The molecule has 6 heteroatoms. The normalized spacial score (nSPS) is 18.8. The average Bonchev–Trinajstić information content (AvgIpc) is 2.47. The number of benzene rings is 1. The van der Waals surface area contributed by atoms with Gasteiger partial charge in [-0.15, -0.1) is 0 Å². The minimum absolute atomic E-state index is 0.0775. The lowest BCUT2D eigenvalue weighted by Gasteiger charge is -2.33. The number of nitrogens with one attached hydrogen (secondary N) is 1. The van der Waals surface area contributed by atoms with Crippen LogP contribution in [0, 0.1) is 0 Å². The van der Waals surface area contributed by atoms with E-state index in [-0.39, 0.29) is 17.7 Å². The fourth-order valence-electron chi connectivity index (χ4n) is 2.79. The highest BCUT2D eigenvalue weighted by Crippen LogP contribution is 2.27. The lowest BCUT2D eigenvalue weighted by Crippen LogP contribution is -2.55. The second-order valence-electron chi connectivity index (χ2n) is 5.86. The van der Waals surface area contributed by atoms with Gasteiger partial charge >= 0.3 is 6.61 Å². The van der Waals surface area contributed by atoms with Crippen LogP contribution < -0.4 is 15.8 Å². The summed E-state index contributed by atoms with van der Waals surface area (Å²) in [5.41, 5.74) is 6.07. The van der Waals surface area contributed by atoms with Crippen molar-refractivity contribution in [1.29, 1.82) is 0 Å². The van der Waals surface area contributed by atoms with Gasteiger partial charge in [-0.25, -0.2) is 0 Å². The highest BCUT2D eigenvalue weighted by Gasteiger charge is 2.35. The molecule has 1 unspecified atom stereocenters. The molecule has 0 radical (unpaired) electrons. The van der Waals surface area contributed by atoms with Crippen LogP contribution in [0.4, 0.5) is 8.78 Å². The second kappa shape index (κ2) is 7.05. The Hall–Kier alpha value is -1.69. The molecule has 1 aromatic rings. The van der Waals surface area contributed by atoms with Gasteiger partial charge in [0.2, 0.25) is 5.91 Å². The number of carbonyl (C=O) groups excluding carboxylic acids is 1. The molecule has 0 aromatic heterocycles. The third-order valence-electron chi connectivity index (χ3n) is 4.13. The fraction of sp³-hybridized carbons (Fsp3) is 0.562. The van der Waals surface area contributed by atoms with Crippen LogP contribution in [-0.2, 0) is 4.79 Å². The molecule has 1 aliphatic rings. The van der Waals surface area contributed by atoms with Crippen molar-refractivity contribution in [3.63, 3.8) is 0 Å². The predicted molar refractivity (Wildman–Crippen MR) is 79.6 cm³/mol.